The summed E-state index contributed by atoms with van der Waals surface area (Å²) in [5.74, 6) is 1.46. The molecule has 8 heteroatoms. The molecule has 0 radical (unpaired) electrons. The molecule has 5 rings (SSSR count). The summed E-state index contributed by atoms with van der Waals surface area (Å²) in [4.78, 5) is 15.0. The summed E-state index contributed by atoms with van der Waals surface area (Å²) in [5.41, 5.74) is 4.11. The molecule has 1 aliphatic heterocycles. The number of aromatic nitrogens is 3. The molecule has 8 nitrogen and oxygen atoms in total. The topological polar surface area (TPSA) is 81.5 Å². The van der Waals surface area contributed by atoms with E-state index in [1.54, 1.807) is 6.07 Å². The number of piperazine rings is 1. The van der Waals surface area contributed by atoms with Crippen molar-refractivity contribution in [2.24, 2.45) is 7.05 Å². The lowest BCUT2D eigenvalue weighted by Gasteiger charge is -2.46. The Morgan fingerprint density at radius 3 is 2.51 bits per heavy atom. The lowest BCUT2D eigenvalue weighted by atomic mass is 9.74. The summed E-state index contributed by atoms with van der Waals surface area (Å²) in [5, 5.41) is 17.5. The van der Waals surface area contributed by atoms with E-state index < -0.39 is 0 Å². The Morgan fingerprint density at radius 1 is 1.15 bits per heavy atom. The maximum Gasteiger partial charge on any atom is 0.159 e. The molecule has 1 aliphatic carbocycles. The van der Waals surface area contributed by atoms with Crippen LogP contribution in [0.3, 0.4) is 0 Å². The first-order valence-corrected chi connectivity index (χ1v) is 14.8. The number of imidazole rings is 1. The van der Waals surface area contributed by atoms with Crippen LogP contribution in [0.15, 0.2) is 36.5 Å². The van der Waals surface area contributed by atoms with Gasteiger partial charge in [-0.25, -0.2) is 9.97 Å². The van der Waals surface area contributed by atoms with Crippen molar-refractivity contribution in [1.29, 1.82) is 0 Å². The Morgan fingerprint density at radius 2 is 1.87 bits per heavy atom. The van der Waals surface area contributed by atoms with Crippen LogP contribution in [0.4, 0.5) is 5.69 Å². The SMILES string of the molecule is CCC[C@H](c1nc2cc(N[C@H]3CC[C@@](c4cccc(O)c4)(N(C)C)CC3)cnc2n1C)N1C[C@@H](C)N[C@@H](C)C1. The van der Waals surface area contributed by atoms with Crippen LogP contribution in [0.25, 0.3) is 11.2 Å². The molecule has 3 heterocycles. The molecule has 3 atom stereocenters. The lowest BCUT2D eigenvalue weighted by molar-refractivity contribution is 0.0942. The molecule has 1 saturated heterocycles. The number of rotatable bonds is 8. The molecular weight excluding hydrogens is 486 g/mol. The Kier molecular flexibility index (Phi) is 8.17. The van der Waals surface area contributed by atoms with Crippen LogP contribution in [0.2, 0.25) is 0 Å². The van der Waals surface area contributed by atoms with Gasteiger partial charge in [0.25, 0.3) is 0 Å². The number of nitrogens with zero attached hydrogens (tertiary/aromatic N) is 5. The third-order valence-corrected chi connectivity index (χ3v) is 9.05. The zero-order chi connectivity index (χ0) is 27.7. The van der Waals surface area contributed by atoms with Crippen LogP contribution in [0, 0.1) is 0 Å². The van der Waals surface area contributed by atoms with E-state index >= 15 is 0 Å². The maximum atomic E-state index is 10.1. The first kappa shape index (κ1) is 27.9. The van der Waals surface area contributed by atoms with E-state index in [2.05, 4.69) is 79.0 Å². The van der Waals surface area contributed by atoms with Crippen LogP contribution in [0.5, 0.6) is 5.75 Å². The van der Waals surface area contributed by atoms with Crippen molar-refractivity contribution in [1.82, 2.24) is 29.7 Å². The Labute approximate surface area is 233 Å². The van der Waals surface area contributed by atoms with E-state index in [9.17, 15) is 5.11 Å². The van der Waals surface area contributed by atoms with E-state index in [1.165, 1.54) is 5.56 Å². The van der Waals surface area contributed by atoms with E-state index in [4.69, 9.17) is 9.97 Å². The molecule has 212 valence electrons. The maximum absolute atomic E-state index is 10.1. The molecule has 3 aromatic rings. The zero-order valence-corrected chi connectivity index (χ0v) is 24.6. The largest absolute Gasteiger partial charge is 0.508 e. The summed E-state index contributed by atoms with van der Waals surface area (Å²) in [7, 11) is 6.43. The fourth-order valence-electron chi connectivity index (χ4n) is 7.11. The normalized spacial score (nSPS) is 27.2. The number of hydrogen-bond donors (Lipinski definition) is 3. The number of phenolic OH excluding ortho intramolecular Hbond substituents is 1. The van der Waals surface area contributed by atoms with Crippen molar-refractivity contribution >= 4 is 16.9 Å². The number of anilines is 1. The van der Waals surface area contributed by atoms with Crippen molar-refractivity contribution in [3.8, 4) is 5.75 Å². The Balaban J connectivity index is 1.32. The van der Waals surface area contributed by atoms with Crippen LogP contribution >= 0.6 is 0 Å². The first-order valence-electron chi connectivity index (χ1n) is 14.8. The van der Waals surface area contributed by atoms with E-state index in [1.807, 2.05) is 18.3 Å². The van der Waals surface area contributed by atoms with Crippen LogP contribution in [-0.4, -0.2) is 74.8 Å². The van der Waals surface area contributed by atoms with Crippen LogP contribution < -0.4 is 10.6 Å². The zero-order valence-electron chi connectivity index (χ0n) is 24.6. The molecule has 2 aliphatic rings. The second-order valence-electron chi connectivity index (χ2n) is 12.2. The molecule has 2 aromatic heterocycles. The highest BCUT2D eigenvalue weighted by Gasteiger charge is 2.39. The molecule has 39 heavy (non-hydrogen) atoms. The van der Waals surface area contributed by atoms with Gasteiger partial charge >= 0.3 is 0 Å². The highest BCUT2D eigenvalue weighted by molar-refractivity contribution is 5.75. The van der Waals surface area contributed by atoms with Crippen molar-refractivity contribution < 1.29 is 5.11 Å². The minimum atomic E-state index is -0.0533. The van der Waals surface area contributed by atoms with Gasteiger partial charge in [-0.15, -0.1) is 0 Å². The van der Waals surface area contributed by atoms with Gasteiger partial charge in [0.05, 0.1) is 17.9 Å². The molecule has 0 bridgehead atoms. The molecule has 0 spiro atoms. The molecule has 1 saturated carbocycles. The fourth-order valence-corrected chi connectivity index (χ4v) is 7.11. The molecule has 1 aromatic carbocycles. The number of benzene rings is 1. The standard InChI is InChI=1S/C31H47N7O/c1-7-9-28(38-19-21(2)33-22(3)20-38)30-35-27-17-25(18-32-29(27)37(30)6)34-24-12-14-31(15-13-24,36(4)5)23-10-8-11-26(39)16-23/h8,10-11,16-18,21-22,24,28,33-34,39H,7,9,12-15,19-20H2,1-6H3/t21-,22+,24-,28-,31+/m1/s1. The predicted molar refractivity (Wildman–Crippen MR) is 159 cm³/mol. The average molecular weight is 534 g/mol. The molecule has 0 unspecified atom stereocenters. The average Bonchev–Trinajstić information content (AvgIpc) is 3.22. The third kappa shape index (κ3) is 5.65. The predicted octanol–water partition coefficient (Wildman–Crippen LogP) is 5.01. The van der Waals surface area contributed by atoms with Crippen LogP contribution in [-0.2, 0) is 12.6 Å². The van der Waals surface area contributed by atoms with Gasteiger partial charge in [-0.1, -0.05) is 25.5 Å². The van der Waals surface area contributed by atoms with E-state index in [0.29, 0.717) is 29.9 Å². The van der Waals surface area contributed by atoms with Crippen molar-refractivity contribution in [2.45, 2.75) is 89.0 Å². The highest BCUT2D eigenvalue weighted by Crippen LogP contribution is 2.42. The summed E-state index contributed by atoms with van der Waals surface area (Å²) >= 11 is 0. The van der Waals surface area contributed by atoms with Crippen LogP contribution in [0.1, 0.15) is 76.7 Å². The number of aromatic hydroxyl groups is 1. The minimum absolute atomic E-state index is 0.0533. The van der Waals surface area contributed by atoms with Gasteiger partial charge in [-0.05, 0) is 83.8 Å². The molecular formula is C31H47N7O. The quantitative estimate of drug-likeness (QED) is 0.376. The third-order valence-electron chi connectivity index (χ3n) is 9.05. The van der Waals surface area contributed by atoms with Gasteiger partial charge < -0.3 is 20.3 Å². The summed E-state index contributed by atoms with van der Waals surface area (Å²) in [6.07, 6.45) is 8.36. The van der Waals surface area contributed by atoms with Crippen molar-refractivity contribution in [3.05, 3.63) is 47.9 Å². The fraction of sp³-hybridized carbons (Fsp3) is 0.613. The first-order chi connectivity index (χ1) is 18.7. The Bertz CT molecular complexity index is 1250. The van der Waals surface area contributed by atoms with E-state index in [-0.39, 0.29) is 5.54 Å². The van der Waals surface area contributed by atoms with Gasteiger partial charge in [-0.2, -0.15) is 0 Å². The second kappa shape index (κ2) is 11.4. The molecule has 0 amide bonds. The monoisotopic (exact) mass is 533 g/mol. The lowest BCUT2D eigenvalue weighted by Crippen LogP contribution is -2.55. The second-order valence-corrected chi connectivity index (χ2v) is 12.2. The van der Waals surface area contributed by atoms with Gasteiger partial charge in [0, 0.05) is 43.8 Å². The van der Waals surface area contributed by atoms with Gasteiger partial charge in [0.15, 0.2) is 5.65 Å². The number of pyridine rings is 1. The number of fused-ring (bicyclic) bond motifs is 1. The number of hydrogen-bond acceptors (Lipinski definition) is 7. The van der Waals surface area contributed by atoms with Gasteiger partial charge in [-0.3, -0.25) is 9.80 Å². The van der Waals surface area contributed by atoms with Gasteiger partial charge in [0.1, 0.15) is 17.1 Å². The van der Waals surface area contributed by atoms with Crippen molar-refractivity contribution in [3.63, 3.8) is 0 Å². The summed E-state index contributed by atoms with van der Waals surface area (Å²) in [6, 6.07) is 11.6. The number of phenols is 1. The van der Waals surface area contributed by atoms with Crippen molar-refractivity contribution in [2.75, 3.05) is 32.5 Å². The molecule has 3 N–H and O–H groups in total. The summed E-state index contributed by atoms with van der Waals surface area (Å²) in [6.45, 7) is 8.89. The van der Waals surface area contributed by atoms with Gasteiger partial charge in [0.2, 0.25) is 0 Å². The molecule has 2 fully saturated rings. The Hall–Kier alpha value is -2.68. The number of aryl methyl sites for hydroxylation is 1. The summed E-state index contributed by atoms with van der Waals surface area (Å²) < 4.78 is 2.21. The van der Waals surface area contributed by atoms with E-state index in [0.717, 1.165) is 74.3 Å². The highest BCUT2D eigenvalue weighted by atomic mass is 16.3. The smallest absolute Gasteiger partial charge is 0.159 e. The minimum Gasteiger partial charge on any atom is -0.508 e. The number of nitrogens with one attached hydrogen (secondary N) is 2.